The summed E-state index contributed by atoms with van der Waals surface area (Å²) in [5, 5.41) is 16.0. The fourth-order valence-corrected chi connectivity index (χ4v) is 4.46. The number of hydrogen-bond acceptors (Lipinski definition) is 6. The quantitative estimate of drug-likeness (QED) is 0.208. The summed E-state index contributed by atoms with van der Waals surface area (Å²) >= 11 is 0. The average molecular weight is 532 g/mol. The van der Waals surface area contributed by atoms with E-state index in [2.05, 4.69) is 16.0 Å². The minimum Gasteiger partial charge on any atom is -0.480 e. The van der Waals surface area contributed by atoms with Gasteiger partial charge >= 0.3 is 12.1 Å². The van der Waals surface area contributed by atoms with E-state index in [4.69, 9.17) is 14.6 Å². The Morgan fingerprint density at radius 2 is 1.44 bits per heavy atom. The van der Waals surface area contributed by atoms with Crippen LogP contribution in [-0.2, 0) is 30.3 Å². The molecule has 0 aliphatic heterocycles. The number of alkyl carbamates (subject to hydrolysis) is 1. The van der Waals surface area contributed by atoms with Gasteiger partial charge in [-0.05, 0) is 27.8 Å². The van der Waals surface area contributed by atoms with Crippen LogP contribution in [0.3, 0.4) is 0 Å². The van der Waals surface area contributed by atoms with Crippen molar-refractivity contribution in [1.82, 2.24) is 16.0 Å². The van der Waals surface area contributed by atoms with Gasteiger partial charge in [0.15, 0.2) is 0 Å². The van der Waals surface area contributed by atoms with Crippen molar-refractivity contribution in [2.24, 2.45) is 0 Å². The number of carbonyl (C=O) groups is 4. The molecule has 1 atom stereocenters. The molecule has 0 fully saturated rings. The summed E-state index contributed by atoms with van der Waals surface area (Å²) in [5.41, 5.74) is 5.17. The van der Waals surface area contributed by atoms with Gasteiger partial charge in [0.2, 0.25) is 11.8 Å². The number of ether oxygens (including phenoxy) is 2. The normalized spacial score (nSPS) is 12.5. The van der Waals surface area contributed by atoms with Crippen LogP contribution in [0.2, 0.25) is 0 Å². The Morgan fingerprint density at radius 1 is 0.821 bits per heavy atom. The van der Waals surface area contributed by atoms with Gasteiger partial charge in [0.1, 0.15) is 26.0 Å². The fraction of sp³-hybridized carbons (Fsp3) is 0.241. The highest BCUT2D eigenvalue weighted by Crippen LogP contribution is 2.44. The summed E-state index contributed by atoms with van der Waals surface area (Å²) in [4.78, 5) is 48.2. The zero-order valence-corrected chi connectivity index (χ0v) is 21.1. The van der Waals surface area contributed by atoms with Crippen LogP contribution in [0.25, 0.3) is 11.1 Å². The minimum absolute atomic E-state index is 0.0955. The third-order valence-electron chi connectivity index (χ3n) is 6.26. The van der Waals surface area contributed by atoms with E-state index in [1.54, 1.807) is 0 Å². The largest absolute Gasteiger partial charge is 0.480 e. The van der Waals surface area contributed by atoms with Crippen molar-refractivity contribution in [3.63, 3.8) is 0 Å². The molecular formula is C29H29N3O7. The van der Waals surface area contributed by atoms with Gasteiger partial charge in [-0.15, -0.1) is 0 Å². The first-order valence-corrected chi connectivity index (χ1v) is 12.4. The van der Waals surface area contributed by atoms with Crippen molar-refractivity contribution in [2.75, 3.05) is 26.5 Å². The molecule has 10 heteroatoms. The zero-order valence-electron chi connectivity index (χ0n) is 21.1. The van der Waals surface area contributed by atoms with Crippen LogP contribution < -0.4 is 16.0 Å². The van der Waals surface area contributed by atoms with Gasteiger partial charge in [0.05, 0.1) is 6.54 Å². The highest BCUT2D eigenvalue weighted by atomic mass is 16.5. The number of rotatable bonds is 12. The topological polar surface area (TPSA) is 143 Å². The molecule has 0 saturated heterocycles. The lowest BCUT2D eigenvalue weighted by atomic mass is 9.98. The lowest BCUT2D eigenvalue weighted by molar-refractivity contribution is -0.143. The lowest BCUT2D eigenvalue weighted by Crippen LogP contribution is -2.50. The maximum Gasteiger partial charge on any atom is 0.407 e. The molecule has 39 heavy (non-hydrogen) atoms. The standard InChI is InChI=1S/C29H29N3O7/c33-26(31-18-38-17-27(34)35)15-30-28(36)25(14-19-8-2-1-3-9-19)32-29(37)39-16-24-22-12-6-4-10-20(22)21-11-5-7-13-23(21)24/h1-13,24-25H,14-18H2,(H,30,36)(H,31,33)(H,32,37)(H,34,35). The Bertz CT molecular complexity index is 1280. The van der Waals surface area contributed by atoms with E-state index in [0.717, 1.165) is 27.8 Å². The summed E-state index contributed by atoms with van der Waals surface area (Å²) in [7, 11) is 0. The molecule has 1 aliphatic carbocycles. The third kappa shape index (κ3) is 7.42. The number of fused-ring (bicyclic) bond motifs is 3. The van der Waals surface area contributed by atoms with Crippen LogP contribution in [-0.4, -0.2) is 61.5 Å². The average Bonchev–Trinajstić information content (AvgIpc) is 3.26. The van der Waals surface area contributed by atoms with Crippen molar-refractivity contribution in [2.45, 2.75) is 18.4 Å². The van der Waals surface area contributed by atoms with Crippen molar-refractivity contribution in [3.8, 4) is 11.1 Å². The smallest absolute Gasteiger partial charge is 0.407 e. The van der Waals surface area contributed by atoms with Crippen molar-refractivity contribution in [3.05, 3.63) is 95.6 Å². The molecule has 0 saturated carbocycles. The van der Waals surface area contributed by atoms with E-state index in [9.17, 15) is 19.2 Å². The Labute approximate surface area is 225 Å². The Balaban J connectivity index is 1.35. The van der Waals surface area contributed by atoms with E-state index in [1.807, 2.05) is 78.9 Å². The number of hydrogen-bond donors (Lipinski definition) is 4. The molecule has 0 aromatic heterocycles. The first kappa shape index (κ1) is 27.3. The SMILES string of the molecule is O=C(O)COCNC(=O)CNC(=O)C(Cc1ccccc1)NC(=O)OCC1c2ccccc2-c2ccccc21. The molecule has 4 N–H and O–H groups in total. The maximum absolute atomic E-state index is 12.9. The monoisotopic (exact) mass is 531 g/mol. The predicted octanol–water partition coefficient (Wildman–Crippen LogP) is 2.43. The number of amides is 3. The predicted molar refractivity (Wildman–Crippen MR) is 142 cm³/mol. The molecule has 3 aromatic rings. The molecule has 0 spiro atoms. The van der Waals surface area contributed by atoms with E-state index in [-0.39, 0.29) is 32.2 Å². The number of carbonyl (C=O) groups excluding carboxylic acids is 3. The summed E-state index contributed by atoms with van der Waals surface area (Å²) < 4.78 is 10.3. The van der Waals surface area contributed by atoms with Crippen LogP contribution >= 0.6 is 0 Å². The van der Waals surface area contributed by atoms with Crippen molar-refractivity contribution >= 4 is 23.9 Å². The number of benzene rings is 3. The highest BCUT2D eigenvalue weighted by Gasteiger charge is 2.30. The Morgan fingerprint density at radius 3 is 2.08 bits per heavy atom. The second kappa shape index (κ2) is 13.2. The van der Waals surface area contributed by atoms with E-state index >= 15 is 0 Å². The van der Waals surface area contributed by atoms with Crippen LogP contribution in [0.4, 0.5) is 4.79 Å². The number of nitrogens with one attached hydrogen (secondary N) is 3. The van der Waals surface area contributed by atoms with Crippen molar-refractivity contribution < 1.29 is 33.8 Å². The van der Waals surface area contributed by atoms with E-state index in [0.29, 0.717) is 0 Å². The van der Waals surface area contributed by atoms with Gasteiger partial charge in [-0.25, -0.2) is 9.59 Å². The molecule has 1 aliphatic rings. The van der Waals surface area contributed by atoms with Gasteiger partial charge in [-0.1, -0.05) is 78.9 Å². The van der Waals surface area contributed by atoms with Crippen LogP contribution in [0.1, 0.15) is 22.6 Å². The number of carboxylic acid groups (broad SMARTS) is 1. The van der Waals surface area contributed by atoms with Gasteiger partial charge in [0.25, 0.3) is 0 Å². The zero-order chi connectivity index (χ0) is 27.6. The molecule has 1 unspecified atom stereocenters. The first-order chi connectivity index (χ1) is 18.9. The maximum atomic E-state index is 12.9. The third-order valence-corrected chi connectivity index (χ3v) is 6.26. The number of aliphatic carboxylic acids is 1. The molecular weight excluding hydrogens is 502 g/mol. The minimum atomic E-state index is -1.17. The van der Waals surface area contributed by atoms with Crippen molar-refractivity contribution in [1.29, 1.82) is 0 Å². The summed E-state index contributed by atoms with van der Waals surface area (Å²) in [6, 6.07) is 24.1. The molecule has 0 bridgehead atoms. The highest BCUT2D eigenvalue weighted by molar-refractivity contribution is 5.89. The van der Waals surface area contributed by atoms with Gasteiger partial charge in [0, 0.05) is 12.3 Å². The van der Waals surface area contributed by atoms with E-state index < -0.39 is 36.5 Å². The van der Waals surface area contributed by atoms with Crippen LogP contribution in [0.15, 0.2) is 78.9 Å². The Hall–Kier alpha value is -4.70. The van der Waals surface area contributed by atoms with Crippen LogP contribution in [0.5, 0.6) is 0 Å². The molecule has 3 aromatic carbocycles. The summed E-state index contributed by atoms with van der Waals surface area (Å²) in [6.07, 6.45) is -0.570. The second-order valence-electron chi connectivity index (χ2n) is 8.92. The molecule has 3 amide bonds. The summed E-state index contributed by atoms with van der Waals surface area (Å²) in [6.45, 7) is -1.16. The van der Waals surface area contributed by atoms with Gasteiger partial charge in [-0.3, -0.25) is 9.59 Å². The first-order valence-electron chi connectivity index (χ1n) is 12.4. The molecule has 202 valence electrons. The number of carboxylic acids is 1. The Kier molecular flexibility index (Phi) is 9.25. The van der Waals surface area contributed by atoms with E-state index in [1.165, 1.54) is 0 Å². The summed E-state index contributed by atoms with van der Waals surface area (Å²) in [5.74, 6) is -2.44. The molecule has 0 radical (unpaired) electrons. The molecule has 4 rings (SSSR count). The van der Waals surface area contributed by atoms with Gasteiger partial charge < -0.3 is 30.5 Å². The fourth-order valence-electron chi connectivity index (χ4n) is 4.46. The molecule has 0 heterocycles. The molecule has 10 nitrogen and oxygen atoms in total. The lowest BCUT2D eigenvalue weighted by Gasteiger charge is -2.20. The van der Waals surface area contributed by atoms with Gasteiger partial charge in [-0.2, -0.15) is 0 Å². The second-order valence-corrected chi connectivity index (χ2v) is 8.92. The van der Waals surface area contributed by atoms with Crippen LogP contribution in [0, 0.1) is 0 Å².